The lowest BCUT2D eigenvalue weighted by atomic mass is 9.96. The van der Waals surface area contributed by atoms with Crippen molar-refractivity contribution in [2.75, 3.05) is 37.6 Å². The number of nitrogens with zero attached hydrogens (tertiary/aromatic N) is 4. The van der Waals surface area contributed by atoms with Crippen molar-refractivity contribution >= 4 is 34.0 Å². The van der Waals surface area contributed by atoms with Crippen molar-refractivity contribution in [1.82, 2.24) is 9.88 Å². The summed E-state index contributed by atoms with van der Waals surface area (Å²) in [6, 6.07) is 8.16. The summed E-state index contributed by atoms with van der Waals surface area (Å²) >= 11 is 7.68. The average molecular weight is 376 g/mol. The molecule has 1 aromatic heterocycles. The van der Waals surface area contributed by atoms with Gasteiger partial charge in [0.25, 0.3) is 0 Å². The number of aliphatic imine (C=N–C) groups is 1. The molecule has 0 spiro atoms. The normalized spacial score (nSPS) is 20.0. The SMILES string of the molecule is NC(=NCC1(c2ccc(Cl)cc2)CC1)N1CCN(c2nccs2)CC1. The summed E-state index contributed by atoms with van der Waals surface area (Å²) in [4.78, 5) is 13.6. The largest absolute Gasteiger partial charge is 0.370 e. The van der Waals surface area contributed by atoms with Gasteiger partial charge in [-0.25, -0.2) is 4.98 Å². The van der Waals surface area contributed by atoms with Gasteiger partial charge in [-0.2, -0.15) is 0 Å². The van der Waals surface area contributed by atoms with Crippen LogP contribution in [-0.4, -0.2) is 48.6 Å². The lowest BCUT2D eigenvalue weighted by Gasteiger charge is -2.35. The molecule has 5 nitrogen and oxygen atoms in total. The summed E-state index contributed by atoms with van der Waals surface area (Å²) in [7, 11) is 0. The second kappa shape index (κ2) is 6.84. The first-order valence-electron chi connectivity index (χ1n) is 8.62. The highest BCUT2D eigenvalue weighted by atomic mass is 35.5. The van der Waals surface area contributed by atoms with E-state index < -0.39 is 0 Å². The number of rotatable bonds is 4. The minimum atomic E-state index is 0.165. The van der Waals surface area contributed by atoms with E-state index in [0.717, 1.165) is 42.9 Å². The Hall–Kier alpha value is -1.79. The summed E-state index contributed by atoms with van der Waals surface area (Å²) in [5, 5.41) is 3.89. The first-order valence-corrected chi connectivity index (χ1v) is 9.87. The molecule has 25 heavy (non-hydrogen) atoms. The number of halogens is 1. The standard InChI is InChI=1S/C18H22ClN5S/c19-15-3-1-14(2-4-15)18(5-6-18)13-22-16(20)23-8-10-24(11-9-23)17-21-7-12-25-17/h1-4,7,12H,5-6,8-11,13H2,(H2,20,22). The monoisotopic (exact) mass is 375 g/mol. The zero-order valence-corrected chi connectivity index (χ0v) is 15.6. The molecule has 2 aliphatic rings. The Bertz CT molecular complexity index is 731. The highest BCUT2D eigenvalue weighted by Crippen LogP contribution is 2.48. The van der Waals surface area contributed by atoms with Crippen LogP contribution in [0.25, 0.3) is 0 Å². The van der Waals surface area contributed by atoms with Gasteiger partial charge in [0.1, 0.15) is 0 Å². The molecule has 1 saturated heterocycles. The van der Waals surface area contributed by atoms with E-state index in [2.05, 4.69) is 26.9 Å². The van der Waals surface area contributed by atoms with Crippen LogP contribution in [0.3, 0.4) is 0 Å². The zero-order valence-electron chi connectivity index (χ0n) is 14.1. The van der Waals surface area contributed by atoms with E-state index >= 15 is 0 Å². The maximum absolute atomic E-state index is 6.27. The van der Waals surface area contributed by atoms with Crippen LogP contribution in [0.5, 0.6) is 0 Å². The third-order valence-corrected chi connectivity index (χ3v) is 6.23. The van der Waals surface area contributed by atoms with Crippen LogP contribution in [0.1, 0.15) is 18.4 Å². The summed E-state index contributed by atoms with van der Waals surface area (Å²) in [6.07, 6.45) is 4.19. The average Bonchev–Trinajstić information content (AvgIpc) is 3.23. The van der Waals surface area contributed by atoms with Gasteiger partial charge in [0.05, 0.1) is 6.54 Å². The number of benzene rings is 1. The maximum atomic E-state index is 6.27. The van der Waals surface area contributed by atoms with Crippen molar-refractivity contribution in [1.29, 1.82) is 0 Å². The van der Waals surface area contributed by atoms with Gasteiger partial charge in [0.2, 0.25) is 0 Å². The molecule has 0 radical (unpaired) electrons. The molecule has 0 unspecified atom stereocenters. The molecule has 0 amide bonds. The molecule has 2 aromatic rings. The molecule has 1 aromatic carbocycles. The lowest BCUT2D eigenvalue weighted by molar-refractivity contribution is 0.380. The van der Waals surface area contributed by atoms with Crippen LogP contribution < -0.4 is 10.6 Å². The first-order chi connectivity index (χ1) is 12.2. The second-order valence-electron chi connectivity index (χ2n) is 6.75. The van der Waals surface area contributed by atoms with E-state index in [9.17, 15) is 0 Å². The number of guanidine groups is 1. The van der Waals surface area contributed by atoms with E-state index in [1.54, 1.807) is 11.3 Å². The Morgan fingerprint density at radius 1 is 1.20 bits per heavy atom. The second-order valence-corrected chi connectivity index (χ2v) is 8.06. The fourth-order valence-corrected chi connectivity index (χ4v) is 4.15. The van der Waals surface area contributed by atoms with Crippen LogP contribution in [0.2, 0.25) is 5.02 Å². The molecular formula is C18H22ClN5S. The summed E-state index contributed by atoms with van der Waals surface area (Å²) in [5.74, 6) is 0.666. The number of anilines is 1. The third kappa shape index (κ3) is 3.60. The molecule has 2 N–H and O–H groups in total. The van der Waals surface area contributed by atoms with Gasteiger partial charge in [0, 0.05) is 48.2 Å². The molecule has 0 bridgehead atoms. The summed E-state index contributed by atoms with van der Waals surface area (Å²) < 4.78 is 0. The Balaban J connectivity index is 1.35. The number of hydrogen-bond acceptors (Lipinski definition) is 4. The highest BCUT2D eigenvalue weighted by Gasteiger charge is 2.44. The van der Waals surface area contributed by atoms with E-state index in [1.165, 1.54) is 18.4 Å². The molecule has 7 heteroatoms. The number of piperazine rings is 1. The number of thiazole rings is 1. The number of aromatic nitrogens is 1. The zero-order chi connectivity index (χ0) is 17.3. The minimum absolute atomic E-state index is 0.165. The fraction of sp³-hybridized carbons (Fsp3) is 0.444. The maximum Gasteiger partial charge on any atom is 0.191 e. The van der Waals surface area contributed by atoms with E-state index in [0.29, 0.717) is 5.96 Å². The minimum Gasteiger partial charge on any atom is -0.370 e. The van der Waals surface area contributed by atoms with Crippen molar-refractivity contribution in [2.24, 2.45) is 10.7 Å². The lowest BCUT2D eigenvalue weighted by Crippen LogP contribution is -2.51. The molecule has 4 rings (SSSR count). The van der Waals surface area contributed by atoms with Gasteiger partial charge < -0.3 is 15.5 Å². The smallest absolute Gasteiger partial charge is 0.191 e. The summed E-state index contributed by atoms with van der Waals surface area (Å²) in [6.45, 7) is 4.41. The Morgan fingerprint density at radius 3 is 2.52 bits per heavy atom. The molecule has 2 fully saturated rings. The van der Waals surface area contributed by atoms with Crippen LogP contribution in [0, 0.1) is 0 Å². The van der Waals surface area contributed by atoms with Crippen LogP contribution in [-0.2, 0) is 5.41 Å². The van der Waals surface area contributed by atoms with Crippen molar-refractivity contribution in [3.05, 3.63) is 46.4 Å². The van der Waals surface area contributed by atoms with Gasteiger partial charge in [-0.1, -0.05) is 23.7 Å². The van der Waals surface area contributed by atoms with Gasteiger partial charge in [0.15, 0.2) is 11.1 Å². The van der Waals surface area contributed by atoms with Crippen LogP contribution in [0.15, 0.2) is 40.8 Å². The van der Waals surface area contributed by atoms with Crippen molar-refractivity contribution in [3.63, 3.8) is 0 Å². The number of hydrogen-bond donors (Lipinski definition) is 1. The topological polar surface area (TPSA) is 57.8 Å². The molecule has 1 saturated carbocycles. The van der Waals surface area contributed by atoms with Crippen molar-refractivity contribution in [2.45, 2.75) is 18.3 Å². The quantitative estimate of drug-likeness (QED) is 0.659. The summed E-state index contributed by atoms with van der Waals surface area (Å²) in [5.41, 5.74) is 7.76. The Morgan fingerprint density at radius 2 is 1.92 bits per heavy atom. The van der Waals surface area contributed by atoms with Crippen molar-refractivity contribution < 1.29 is 0 Å². The van der Waals surface area contributed by atoms with E-state index in [1.807, 2.05) is 23.7 Å². The molecule has 1 aliphatic carbocycles. The Kier molecular flexibility index (Phi) is 4.56. The van der Waals surface area contributed by atoms with Crippen molar-refractivity contribution in [3.8, 4) is 0 Å². The Labute approximate surface area is 157 Å². The van der Waals surface area contributed by atoms with Gasteiger partial charge >= 0.3 is 0 Å². The van der Waals surface area contributed by atoms with Crippen LogP contribution in [0.4, 0.5) is 5.13 Å². The van der Waals surface area contributed by atoms with Gasteiger partial charge in [-0.3, -0.25) is 4.99 Å². The van der Waals surface area contributed by atoms with E-state index in [-0.39, 0.29) is 5.41 Å². The molecule has 2 heterocycles. The molecule has 0 atom stereocenters. The molecule has 1 aliphatic heterocycles. The predicted molar refractivity (Wildman–Crippen MR) is 105 cm³/mol. The number of nitrogens with two attached hydrogens (primary N) is 1. The predicted octanol–water partition coefficient (Wildman–Crippen LogP) is 2.97. The third-order valence-electron chi connectivity index (χ3n) is 5.15. The van der Waals surface area contributed by atoms with Gasteiger partial charge in [-0.05, 0) is 30.5 Å². The molecular weight excluding hydrogens is 354 g/mol. The first kappa shape index (κ1) is 16.7. The van der Waals surface area contributed by atoms with E-state index in [4.69, 9.17) is 22.3 Å². The molecule has 132 valence electrons. The highest BCUT2D eigenvalue weighted by molar-refractivity contribution is 7.13. The van der Waals surface area contributed by atoms with Crippen LogP contribution >= 0.6 is 22.9 Å². The fourth-order valence-electron chi connectivity index (χ4n) is 3.32. The van der Waals surface area contributed by atoms with Gasteiger partial charge in [-0.15, -0.1) is 11.3 Å².